The van der Waals surface area contributed by atoms with Gasteiger partial charge in [0.15, 0.2) is 5.13 Å². The first kappa shape index (κ1) is 12.6. The molecule has 5 nitrogen and oxygen atoms in total. The van der Waals surface area contributed by atoms with Gasteiger partial charge in [-0.05, 0) is 23.8 Å². The molecule has 0 fully saturated rings. The molecule has 1 aliphatic heterocycles. The largest absolute Gasteiger partial charge is 0.492 e. The summed E-state index contributed by atoms with van der Waals surface area (Å²) < 4.78 is 5.72. The van der Waals surface area contributed by atoms with E-state index in [1.54, 1.807) is 6.20 Å². The number of benzene rings is 1. The minimum atomic E-state index is 0.546. The number of nitrogens with one attached hydrogen (secondary N) is 1. The van der Waals surface area contributed by atoms with Gasteiger partial charge in [-0.15, -0.1) is 0 Å². The van der Waals surface area contributed by atoms with Gasteiger partial charge in [0.25, 0.3) is 0 Å². The van der Waals surface area contributed by atoms with Crippen molar-refractivity contribution in [1.82, 2.24) is 15.3 Å². The summed E-state index contributed by atoms with van der Waals surface area (Å²) in [7, 11) is 0. The number of nitrogens with two attached hydrogens (primary N) is 1. The van der Waals surface area contributed by atoms with Gasteiger partial charge in [0.2, 0.25) is 0 Å². The van der Waals surface area contributed by atoms with Crippen molar-refractivity contribution in [2.24, 2.45) is 0 Å². The monoisotopic (exact) mass is 298 g/mol. The van der Waals surface area contributed by atoms with E-state index < -0.39 is 0 Å². The first-order chi connectivity index (χ1) is 10.3. The van der Waals surface area contributed by atoms with Crippen molar-refractivity contribution >= 4 is 26.8 Å². The molecule has 0 saturated carbocycles. The highest BCUT2D eigenvalue weighted by atomic mass is 32.1. The molecule has 3 aromatic rings. The molecular formula is C15H14N4OS. The van der Waals surface area contributed by atoms with Crippen molar-refractivity contribution in [3.8, 4) is 16.9 Å². The molecule has 106 valence electrons. The number of hydrogen-bond acceptors (Lipinski definition) is 6. The second-order valence-electron chi connectivity index (χ2n) is 4.91. The number of pyridine rings is 1. The molecule has 2 aromatic heterocycles. The molecule has 0 atom stereocenters. The van der Waals surface area contributed by atoms with Crippen LogP contribution in [0.2, 0.25) is 0 Å². The van der Waals surface area contributed by atoms with E-state index in [9.17, 15) is 0 Å². The zero-order valence-electron chi connectivity index (χ0n) is 11.3. The predicted octanol–water partition coefficient (Wildman–Crippen LogP) is 2.42. The van der Waals surface area contributed by atoms with Gasteiger partial charge in [-0.1, -0.05) is 17.4 Å². The van der Waals surface area contributed by atoms with Gasteiger partial charge >= 0.3 is 0 Å². The van der Waals surface area contributed by atoms with Crippen LogP contribution in [0.25, 0.3) is 21.5 Å². The quantitative estimate of drug-likeness (QED) is 0.722. The van der Waals surface area contributed by atoms with Crippen LogP contribution < -0.4 is 15.8 Å². The van der Waals surface area contributed by atoms with Crippen molar-refractivity contribution < 1.29 is 4.74 Å². The topological polar surface area (TPSA) is 73.1 Å². The second-order valence-corrected chi connectivity index (χ2v) is 5.92. The summed E-state index contributed by atoms with van der Waals surface area (Å²) in [5, 5.41) is 3.90. The fraction of sp³-hybridized carbons (Fsp3) is 0.200. The summed E-state index contributed by atoms with van der Waals surface area (Å²) in [6, 6.07) is 8.22. The van der Waals surface area contributed by atoms with E-state index in [0.717, 1.165) is 45.9 Å². The van der Waals surface area contributed by atoms with Gasteiger partial charge < -0.3 is 15.8 Å². The van der Waals surface area contributed by atoms with E-state index in [1.807, 2.05) is 12.1 Å². The van der Waals surface area contributed by atoms with Gasteiger partial charge in [0.05, 0.1) is 0 Å². The van der Waals surface area contributed by atoms with Crippen LogP contribution in [-0.4, -0.2) is 23.1 Å². The standard InChI is InChI=1S/C15H14N4OS/c16-15-19-13-11(3-4-18-14(13)21-15)9-1-2-12-10(7-9)8-17-5-6-20-12/h1-4,7,17H,5-6,8H2,(H2,16,19). The number of nitrogen functional groups attached to an aromatic ring is 1. The van der Waals surface area contributed by atoms with E-state index in [1.165, 1.54) is 11.3 Å². The zero-order valence-corrected chi connectivity index (χ0v) is 12.1. The summed E-state index contributed by atoms with van der Waals surface area (Å²) in [5.74, 6) is 0.951. The molecule has 6 heteroatoms. The summed E-state index contributed by atoms with van der Waals surface area (Å²) in [6.45, 7) is 2.39. The average Bonchev–Trinajstić information content (AvgIpc) is 2.73. The molecule has 0 saturated heterocycles. The molecule has 3 heterocycles. The fourth-order valence-corrected chi connectivity index (χ4v) is 3.27. The van der Waals surface area contributed by atoms with Crippen LogP contribution in [0, 0.1) is 0 Å². The highest BCUT2D eigenvalue weighted by Gasteiger charge is 2.13. The third-order valence-corrected chi connectivity index (χ3v) is 4.33. The van der Waals surface area contributed by atoms with E-state index in [0.29, 0.717) is 11.7 Å². The lowest BCUT2D eigenvalue weighted by Gasteiger charge is -2.09. The molecule has 4 rings (SSSR count). The number of ether oxygens (including phenoxy) is 1. The minimum absolute atomic E-state index is 0.546. The third-order valence-electron chi connectivity index (χ3n) is 3.54. The zero-order chi connectivity index (χ0) is 14.2. The van der Waals surface area contributed by atoms with Crippen molar-refractivity contribution in [3.63, 3.8) is 0 Å². The smallest absolute Gasteiger partial charge is 0.182 e. The molecule has 0 aliphatic carbocycles. The normalized spacial score (nSPS) is 14.5. The van der Waals surface area contributed by atoms with Crippen LogP contribution in [0.4, 0.5) is 5.13 Å². The second kappa shape index (κ2) is 4.98. The molecule has 1 aliphatic rings. The van der Waals surface area contributed by atoms with Crippen molar-refractivity contribution in [3.05, 3.63) is 36.0 Å². The predicted molar refractivity (Wildman–Crippen MR) is 84.5 cm³/mol. The van der Waals surface area contributed by atoms with Gasteiger partial charge in [-0.2, -0.15) is 0 Å². The van der Waals surface area contributed by atoms with Crippen LogP contribution >= 0.6 is 11.3 Å². The molecule has 0 spiro atoms. The van der Waals surface area contributed by atoms with Gasteiger partial charge in [-0.25, -0.2) is 9.97 Å². The molecule has 0 radical (unpaired) electrons. The molecule has 0 bridgehead atoms. The van der Waals surface area contributed by atoms with Crippen LogP contribution in [0.15, 0.2) is 30.5 Å². The Hall–Kier alpha value is -2.18. The van der Waals surface area contributed by atoms with Crippen LogP contribution in [0.3, 0.4) is 0 Å². The van der Waals surface area contributed by atoms with Crippen molar-refractivity contribution in [2.75, 3.05) is 18.9 Å². The van der Waals surface area contributed by atoms with Gasteiger partial charge in [0, 0.05) is 30.4 Å². The maximum Gasteiger partial charge on any atom is 0.182 e. The first-order valence-electron chi connectivity index (χ1n) is 6.79. The molecule has 1 aromatic carbocycles. The molecule has 21 heavy (non-hydrogen) atoms. The average molecular weight is 298 g/mol. The maximum absolute atomic E-state index is 5.81. The number of aromatic nitrogens is 2. The highest BCUT2D eigenvalue weighted by Crippen LogP contribution is 2.33. The Bertz CT molecular complexity index is 815. The summed E-state index contributed by atoms with van der Waals surface area (Å²) in [6.07, 6.45) is 1.80. The van der Waals surface area contributed by atoms with E-state index >= 15 is 0 Å². The lowest BCUT2D eigenvalue weighted by Crippen LogP contribution is -2.16. The molecule has 3 N–H and O–H groups in total. The van der Waals surface area contributed by atoms with E-state index in [2.05, 4.69) is 27.4 Å². The van der Waals surface area contributed by atoms with Crippen molar-refractivity contribution in [2.45, 2.75) is 6.54 Å². The number of fused-ring (bicyclic) bond motifs is 2. The summed E-state index contributed by atoms with van der Waals surface area (Å²) in [4.78, 5) is 9.61. The summed E-state index contributed by atoms with van der Waals surface area (Å²) >= 11 is 1.41. The lowest BCUT2D eigenvalue weighted by molar-refractivity contribution is 0.326. The fourth-order valence-electron chi connectivity index (χ4n) is 2.56. The first-order valence-corrected chi connectivity index (χ1v) is 7.61. The Labute approximate surface area is 125 Å². The molecule has 0 amide bonds. The Morgan fingerprint density at radius 2 is 2.24 bits per heavy atom. The molecule has 0 unspecified atom stereocenters. The molecular weight excluding hydrogens is 284 g/mol. The Balaban J connectivity index is 1.87. The van der Waals surface area contributed by atoms with Crippen LogP contribution in [-0.2, 0) is 6.54 Å². The Morgan fingerprint density at radius 3 is 3.19 bits per heavy atom. The van der Waals surface area contributed by atoms with Crippen molar-refractivity contribution in [1.29, 1.82) is 0 Å². The summed E-state index contributed by atoms with van der Waals surface area (Å²) in [5.41, 5.74) is 10.0. The SMILES string of the molecule is Nc1nc2c(-c3ccc4c(c3)CNCCO4)ccnc2s1. The number of thiazole rings is 1. The third kappa shape index (κ3) is 2.22. The van der Waals surface area contributed by atoms with Crippen LogP contribution in [0.5, 0.6) is 5.75 Å². The number of rotatable bonds is 1. The van der Waals surface area contributed by atoms with Crippen LogP contribution in [0.1, 0.15) is 5.56 Å². The lowest BCUT2D eigenvalue weighted by atomic mass is 10.0. The van der Waals surface area contributed by atoms with E-state index in [4.69, 9.17) is 10.5 Å². The Kier molecular flexibility index (Phi) is 2.98. The van der Waals surface area contributed by atoms with Gasteiger partial charge in [-0.3, -0.25) is 0 Å². The highest BCUT2D eigenvalue weighted by molar-refractivity contribution is 7.21. The van der Waals surface area contributed by atoms with E-state index in [-0.39, 0.29) is 0 Å². The van der Waals surface area contributed by atoms with Gasteiger partial charge in [0.1, 0.15) is 22.7 Å². The number of nitrogens with zero attached hydrogens (tertiary/aromatic N) is 2. The number of anilines is 1. The Morgan fingerprint density at radius 1 is 1.29 bits per heavy atom. The number of hydrogen-bond donors (Lipinski definition) is 2. The minimum Gasteiger partial charge on any atom is -0.492 e. The maximum atomic E-state index is 5.81.